The largest absolute Gasteiger partial charge is 0.368 e. The van der Waals surface area contributed by atoms with Crippen LogP contribution in [0.2, 0.25) is 0 Å². The van der Waals surface area contributed by atoms with Crippen LogP contribution in [0.4, 0.5) is 0 Å². The predicted octanol–water partition coefficient (Wildman–Crippen LogP) is -0.0354. The van der Waals surface area contributed by atoms with Gasteiger partial charge in [0.15, 0.2) is 0 Å². The molecule has 5 nitrogen and oxygen atoms in total. The van der Waals surface area contributed by atoms with Crippen molar-refractivity contribution < 1.29 is 4.79 Å². The van der Waals surface area contributed by atoms with Gasteiger partial charge in [-0.2, -0.15) is 0 Å². The average molecular weight is 222 g/mol. The number of nitrogens with zero attached hydrogens (tertiary/aromatic N) is 2. The highest BCUT2D eigenvalue weighted by molar-refractivity contribution is 5.79. The lowest BCUT2D eigenvalue weighted by atomic mass is 10.0. The third-order valence-corrected chi connectivity index (χ3v) is 3.16. The lowest BCUT2D eigenvalue weighted by Gasteiger charge is -2.15. The molecule has 2 rings (SSSR count). The second-order valence-corrected chi connectivity index (χ2v) is 4.34. The number of hydrogen-bond acceptors (Lipinski definition) is 3. The highest BCUT2D eigenvalue weighted by Crippen LogP contribution is 2.19. The van der Waals surface area contributed by atoms with E-state index in [-0.39, 0.29) is 0 Å². The van der Waals surface area contributed by atoms with Gasteiger partial charge in [-0.25, -0.2) is 4.98 Å². The first-order valence-corrected chi connectivity index (χ1v) is 5.76. The van der Waals surface area contributed by atoms with E-state index in [1.54, 1.807) is 0 Å². The van der Waals surface area contributed by atoms with Gasteiger partial charge < -0.3 is 16.0 Å². The van der Waals surface area contributed by atoms with E-state index < -0.39 is 11.9 Å². The van der Waals surface area contributed by atoms with Gasteiger partial charge in [0, 0.05) is 12.2 Å². The molecule has 0 radical (unpaired) electrons. The van der Waals surface area contributed by atoms with Crippen LogP contribution in [0.3, 0.4) is 0 Å². The van der Waals surface area contributed by atoms with Gasteiger partial charge in [0.05, 0.1) is 18.1 Å². The molecule has 1 unspecified atom stereocenters. The van der Waals surface area contributed by atoms with Crippen LogP contribution >= 0.6 is 0 Å². The highest BCUT2D eigenvalue weighted by atomic mass is 16.1. The number of amides is 1. The molecule has 1 amide bonds. The number of nitrogens with two attached hydrogens (primary N) is 2. The summed E-state index contributed by atoms with van der Waals surface area (Å²) in [4.78, 5) is 15.2. The minimum Gasteiger partial charge on any atom is -0.368 e. The molecule has 1 aliphatic rings. The zero-order chi connectivity index (χ0) is 11.5. The summed E-state index contributed by atoms with van der Waals surface area (Å²) in [6.07, 6.45) is 7.04. The van der Waals surface area contributed by atoms with E-state index in [1.807, 2.05) is 6.33 Å². The van der Waals surface area contributed by atoms with Crippen molar-refractivity contribution in [3.05, 3.63) is 17.7 Å². The molecular weight excluding hydrogens is 204 g/mol. The van der Waals surface area contributed by atoms with E-state index in [4.69, 9.17) is 11.5 Å². The smallest absolute Gasteiger partial charge is 0.234 e. The van der Waals surface area contributed by atoms with Crippen molar-refractivity contribution in [2.45, 2.75) is 44.7 Å². The summed E-state index contributed by atoms with van der Waals surface area (Å²) >= 11 is 0. The number of carbonyl (C=O) groups excluding carboxylic acids is 1. The summed E-state index contributed by atoms with van der Waals surface area (Å²) < 4.78 is 2.11. The Kier molecular flexibility index (Phi) is 3.24. The Morgan fingerprint density at radius 2 is 2.25 bits per heavy atom. The first-order chi connectivity index (χ1) is 7.68. The van der Waals surface area contributed by atoms with Crippen molar-refractivity contribution in [1.82, 2.24) is 9.55 Å². The summed E-state index contributed by atoms with van der Waals surface area (Å²) in [6.45, 7) is 0.729. The van der Waals surface area contributed by atoms with Gasteiger partial charge in [-0.3, -0.25) is 4.79 Å². The molecule has 16 heavy (non-hydrogen) atoms. The van der Waals surface area contributed by atoms with Crippen molar-refractivity contribution in [1.29, 1.82) is 0 Å². The Hall–Kier alpha value is -1.36. The van der Waals surface area contributed by atoms with E-state index in [1.165, 1.54) is 24.2 Å². The molecular formula is C11H18N4O. The van der Waals surface area contributed by atoms with Crippen molar-refractivity contribution in [2.24, 2.45) is 11.5 Å². The Morgan fingerprint density at radius 3 is 3.00 bits per heavy atom. The lowest BCUT2D eigenvalue weighted by Crippen LogP contribution is -2.37. The minimum atomic E-state index is -0.554. The molecule has 88 valence electrons. The molecule has 0 spiro atoms. The third kappa shape index (κ3) is 2.24. The quantitative estimate of drug-likeness (QED) is 0.749. The van der Waals surface area contributed by atoms with Crippen LogP contribution in [0.1, 0.15) is 30.7 Å². The van der Waals surface area contributed by atoms with Gasteiger partial charge >= 0.3 is 0 Å². The molecule has 0 saturated carbocycles. The van der Waals surface area contributed by atoms with E-state index in [0.717, 1.165) is 19.4 Å². The second-order valence-electron chi connectivity index (χ2n) is 4.34. The molecule has 0 saturated heterocycles. The first-order valence-electron chi connectivity index (χ1n) is 5.76. The van der Waals surface area contributed by atoms with E-state index >= 15 is 0 Å². The molecule has 1 heterocycles. The fraction of sp³-hybridized carbons (Fsp3) is 0.636. The van der Waals surface area contributed by atoms with Crippen LogP contribution in [-0.4, -0.2) is 21.5 Å². The number of hydrogen-bond donors (Lipinski definition) is 2. The SMILES string of the molecule is NC(=O)C(N)CCn1cnc2c1CCCC2. The number of aromatic nitrogens is 2. The van der Waals surface area contributed by atoms with Crippen molar-refractivity contribution in [3.8, 4) is 0 Å². The zero-order valence-corrected chi connectivity index (χ0v) is 9.35. The van der Waals surface area contributed by atoms with Crippen LogP contribution in [-0.2, 0) is 24.2 Å². The van der Waals surface area contributed by atoms with Gasteiger partial charge in [-0.1, -0.05) is 0 Å². The monoisotopic (exact) mass is 222 g/mol. The summed E-state index contributed by atoms with van der Waals surface area (Å²) in [5.41, 5.74) is 13.2. The summed E-state index contributed by atoms with van der Waals surface area (Å²) in [7, 11) is 0. The normalized spacial score (nSPS) is 16.8. The fourth-order valence-electron chi connectivity index (χ4n) is 2.14. The maximum atomic E-state index is 10.8. The molecule has 0 bridgehead atoms. The van der Waals surface area contributed by atoms with E-state index in [2.05, 4.69) is 9.55 Å². The maximum Gasteiger partial charge on any atom is 0.234 e. The van der Waals surface area contributed by atoms with Crippen LogP contribution in [0.25, 0.3) is 0 Å². The predicted molar refractivity (Wildman–Crippen MR) is 60.7 cm³/mol. The zero-order valence-electron chi connectivity index (χ0n) is 9.35. The lowest BCUT2D eigenvalue weighted by molar-refractivity contribution is -0.119. The van der Waals surface area contributed by atoms with Gasteiger partial charge in [-0.15, -0.1) is 0 Å². The van der Waals surface area contributed by atoms with Crippen LogP contribution in [0.5, 0.6) is 0 Å². The van der Waals surface area contributed by atoms with E-state index in [0.29, 0.717) is 6.42 Å². The van der Waals surface area contributed by atoms with Crippen LogP contribution in [0, 0.1) is 0 Å². The molecule has 5 heteroatoms. The standard InChI is InChI=1S/C11H18N4O/c12-8(11(13)16)5-6-15-7-14-9-3-1-2-4-10(9)15/h7-8H,1-6,12H2,(H2,13,16). The Balaban J connectivity index is 1.99. The molecule has 4 N–H and O–H groups in total. The molecule has 0 aromatic carbocycles. The molecule has 0 aliphatic heterocycles. The number of aryl methyl sites for hydroxylation is 2. The van der Waals surface area contributed by atoms with E-state index in [9.17, 15) is 4.79 Å². The number of primary amides is 1. The first kappa shape index (κ1) is 11.1. The maximum absolute atomic E-state index is 10.8. The second kappa shape index (κ2) is 4.65. The Morgan fingerprint density at radius 1 is 1.50 bits per heavy atom. The molecule has 1 aromatic heterocycles. The van der Waals surface area contributed by atoms with Crippen molar-refractivity contribution in [2.75, 3.05) is 0 Å². The minimum absolute atomic E-state index is 0.436. The summed E-state index contributed by atoms with van der Waals surface area (Å²) in [6, 6.07) is -0.554. The van der Waals surface area contributed by atoms with Crippen molar-refractivity contribution in [3.63, 3.8) is 0 Å². The number of carbonyl (C=O) groups is 1. The van der Waals surface area contributed by atoms with Gasteiger partial charge in [0.1, 0.15) is 0 Å². The fourth-order valence-corrected chi connectivity index (χ4v) is 2.14. The summed E-state index contributed by atoms with van der Waals surface area (Å²) in [5, 5.41) is 0. The third-order valence-electron chi connectivity index (χ3n) is 3.16. The molecule has 1 atom stereocenters. The van der Waals surface area contributed by atoms with Gasteiger partial charge in [0.2, 0.25) is 5.91 Å². The van der Waals surface area contributed by atoms with Crippen LogP contribution in [0.15, 0.2) is 6.33 Å². The average Bonchev–Trinajstić information content (AvgIpc) is 2.69. The molecule has 0 fully saturated rings. The summed E-state index contributed by atoms with van der Waals surface area (Å²) in [5.74, 6) is -0.436. The molecule has 1 aliphatic carbocycles. The van der Waals surface area contributed by atoms with Gasteiger partial charge in [0.25, 0.3) is 0 Å². The molecule has 1 aromatic rings. The van der Waals surface area contributed by atoms with Crippen LogP contribution < -0.4 is 11.5 Å². The van der Waals surface area contributed by atoms with Gasteiger partial charge in [-0.05, 0) is 32.1 Å². The topological polar surface area (TPSA) is 86.9 Å². The number of rotatable bonds is 4. The highest BCUT2D eigenvalue weighted by Gasteiger charge is 2.16. The van der Waals surface area contributed by atoms with Crippen molar-refractivity contribution >= 4 is 5.91 Å². The Bertz CT molecular complexity index is 385. The number of imidazole rings is 1. The Labute approximate surface area is 94.8 Å². The number of fused-ring (bicyclic) bond motifs is 1.